The van der Waals surface area contributed by atoms with Crippen LogP contribution in [-0.2, 0) is 9.59 Å². The van der Waals surface area contributed by atoms with Gasteiger partial charge in [-0.15, -0.1) is 0 Å². The van der Waals surface area contributed by atoms with Crippen LogP contribution in [0.25, 0.3) is 0 Å². The van der Waals surface area contributed by atoms with Crippen molar-refractivity contribution in [3.05, 3.63) is 71.3 Å². The van der Waals surface area contributed by atoms with E-state index in [0.29, 0.717) is 5.92 Å². The molecule has 3 rings (SSSR count). The number of Topliss-reactive ketones (excluding diaryl/α,β-unsaturated/α-hetero) is 1. The van der Waals surface area contributed by atoms with E-state index in [1.165, 1.54) is 18.9 Å². The summed E-state index contributed by atoms with van der Waals surface area (Å²) in [7, 11) is 0. The van der Waals surface area contributed by atoms with Crippen LogP contribution in [-0.4, -0.2) is 11.6 Å². The van der Waals surface area contributed by atoms with Crippen molar-refractivity contribution in [1.29, 1.82) is 0 Å². The van der Waals surface area contributed by atoms with Crippen LogP contribution in [0.1, 0.15) is 58.4 Å². The lowest BCUT2D eigenvalue weighted by Crippen LogP contribution is -2.31. The molecule has 0 heterocycles. The predicted molar refractivity (Wildman–Crippen MR) is 110 cm³/mol. The van der Waals surface area contributed by atoms with Crippen molar-refractivity contribution in [2.24, 2.45) is 17.3 Å². The third-order valence-electron chi connectivity index (χ3n) is 6.25. The van der Waals surface area contributed by atoms with Crippen molar-refractivity contribution in [2.45, 2.75) is 52.9 Å². The first-order valence-electron chi connectivity index (χ1n) is 9.94. The number of benzene rings is 1. The van der Waals surface area contributed by atoms with Gasteiger partial charge in [-0.1, -0.05) is 68.0 Å². The Bertz CT molecular complexity index is 808. The van der Waals surface area contributed by atoms with Gasteiger partial charge in [0, 0.05) is 11.8 Å². The molecule has 0 N–H and O–H groups in total. The van der Waals surface area contributed by atoms with Crippen LogP contribution < -0.4 is 0 Å². The topological polar surface area (TPSA) is 34.1 Å². The molecule has 27 heavy (non-hydrogen) atoms. The summed E-state index contributed by atoms with van der Waals surface area (Å²) in [6.45, 7) is 8.37. The van der Waals surface area contributed by atoms with Crippen LogP contribution in [0.5, 0.6) is 0 Å². The highest BCUT2D eigenvalue weighted by Crippen LogP contribution is 2.42. The molecule has 3 unspecified atom stereocenters. The molecular weight excluding hydrogens is 332 g/mol. The fourth-order valence-electron chi connectivity index (χ4n) is 4.71. The normalized spacial score (nSPS) is 28.0. The van der Waals surface area contributed by atoms with E-state index < -0.39 is 5.92 Å². The van der Waals surface area contributed by atoms with Crippen LogP contribution in [0.15, 0.2) is 65.8 Å². The van der Waals surface area contributed by atoms with Gasteiger partial charge >= 0.3 is 0 Å². The molecule has 1 aromatic carbocycles. The van der Waals surface area contributed by atoms with Gasteiger partial charge < -0.3 is 0 Å². The number of hydrogen-bond donors (Lipinski definition) is 0. The number of allylic oxidation sites excluding steroid dienone is 6. The molecule has 0 fully saturated rings. The van der Waals surface area contributed by atoms with Crippen molar-refractivity contribution in [3.63, 3.8) is 0 Å². The van der Waals surface area contributed by atoms with Crippen LogP contribution in [0.3, 0.4) is 0 Å². The van der Waals surface area contributed by atoms with E-state index >= 15 is 0 Å². The molecule has 2 aliphatic carbocycles. The second-order valence-electron chi connectivity index (χ2n) is 8.74. The number of carbonyl (C=O) groups is 2. The van der Waals surface area contributed by atoms with E-state index in [2.05, 4.69) is 39.0 Å². The fourth-order valence-corrected chi connectivity index (χ4v) is 4.71. The molecular formula is C25H30O2. The Morgan fingerprint density at radius 2 is 1.89 bits per heavy atom. The molecule has 2 heteroatoms. The predicted octanol–water partition coefficient (Wildman–Crippen LogP) is 5.81. The Hall–Kier alpha value is -2.22. The van der Waals surface area contributed by atoms with E-state index in [0.717, 1.165) is 24.0 Å². The van der Waals surface area contributed by atoms with Crippen molar-refractivity contribution in [2.75, 3.05) is 0 Å². The minimum Gasteiger partial charge on any atom is -0.299 e. The Kier molecular flexibility index (Phi) is 5.64. The Balaban J connectivity index is 1.89. The number of carbonyl (C=O) groups excluding carboxylic acids is 2. The van der Waals surface area contributed by atoms with Crippen molar-refractivity contribution in [3.8, 4) is 0 Å². The smallest absolute Gasteiger partial charge is 0.167 e. The Labute approximate surface area is 163 Å². The van der Waals surface area contributed by atoms with Gasteiger partial charge in [0.25, 0.3) is 0 Å². The third-order valence-corrected chi connectivity index (χ3v) is 6.25. The molecule has 3 atom stereocenters. The summed E-state index contributed by atoms with van der Waals surface area (Å²) in [4.78, 5) is 24.9. The monoisotopic (exact) mass is 362 g/mol. The lowest BCUT2D eigenvalue weighted by molar-refractivity contribution is -0.130. The van der Waals surface area contributed by atoms with Crippen molar-refractivity contribution < 1.29 is 9.59 Å². The van der Waals surface area contributed by atoms with Crippen LogP contribution >= 0.6 is 0 Å². The lowest BCUT2D eigenvalue weighted by Gasteiger charge is -2.37. The fraction of sp³-hybridized carbons (Fsp3) is 0.440. The number of hydrogen-bond acceptors (Lipinski definition) is 2. The number of ketones is 2. The zero-order valence-corrected chi connectivity index (χ0v) is 16.9. The molecule has 2 aliphatic rings. The molecule has 0 bridgehead atoms. The quantitative estimate of drug-likeness (QED) is 0.500. The first kappa shape index (κ1) is 19.5. The van der Waals surface area contributed by atoms with Gasteiger partial charge in [0.1, 0.15) is 5.78 Å². The molecule has 0 spiro atoms. The highest BCUT2D eigenvalue weighted by molar-refractivity contribution is 6.08. The lowest BCUT2D eigenvalue weighted by atomic mass is 9.68. The molecule has 0 aliphatic heterocycles. The van der Waals surface area contributed by atoms with Gasteiger partial charge in [0.2, 0.25) is 0 Å². The zero-order valence-electron chi connectivity index (χ0n) is 16.9. The minimum absolute atomic E-state index is 0.0414. The van der Waals surface area contributed by atoms with E-state index in [1.54, 1.807) is 6.08 Å². The molecule has 142 valence electrons. The number of rotatable bonds is 4. The van der Waals surface area contributed by atoms with Gasteiger partial charge in [0.15, 0.2) is 5.78 Å². The maximum Gasteiger partial charge on any atom is 0.167 e. The zero-order chi connectivity index (χ0) is 19.6. The van der Waals surface area contributed by atoms with Gasteiger partial charge in [-0.25, -0.2) is 0 Å². The second-order valence-corrected chi connectivity index (χ2v) is 8.74. The minimum atomic E-state index is -0.558. The maximum absolute atomic E-state index is 12.7. The molecule has 1 aromatic rings. The Morgan fingerprint density at radius 3 is 2.52 bits per heavy atom. The highest BCUT2D eigenvalue weighted by atomic mass is 16.1. The summed E-state index contributed by atoms with van der Waals surface area (Å²) >= 11 is 0. The van der Waals surface area contributed by atoms with Crippen LogP contribution in [0.4, 0.5) is 0 Å². The van der Waals surface area contributed by atoms with Crippen LogP contribution in [0, 0.1) is 17.3 Å². The summed E-state index contributed by atoms with van der Waals surface area (Å²) in [6, 6.07) is 9.97. The van der Waals surface area contributed by atoms with Crippen LogP contribution in [0.2, 0.25) is 0 Å². The van der Waals surface area contributed by atoms with E-state index in [4.69, 9.17) is 0 Å². The molecule has 0 amide bonds. The first-order valence-corrected chi connectivity index (χ1v) is 9.94. The maximum atomic E-state index is 12.7. The first-order chi connectivity index (χ1) is 12.8. The summed E-state index contributed by atoms with van der Waals surface area (Å²) in [5, 5.41) is 0. The third kappa shape index (κ3) is 4.21. The van der Waals surface area contributed by atoms with E-state index in [-0.39, 0.29) is 22.9 Å². The second kappa shape index (κ2) is 7.80. The SMILES string of the molecule is CC(=O)C1C(=O)C=C(/C=C/C2C(C)=CCCC2(C)C)CC1c1ccccc1. The van der Waals surface area contributed by atoms with Gasteiger partial charge in [-0.2, -0.15) is 0 Å². The van der Waals surface area contributed by atoms with E-state index in [9.17, 15) is 9.59 Å². The summed E-state index contributed by atoms with van der Waals surface area (Å²) in [5.74, 6) is -0.338. The van der Waals surface area contributed by atoms with Gasteiger partial charge in [-0.3, -0.25) is 9.59 Å². The van der Waals surface area contributed by atoms with E-state index in [1.807, 2.05) is 30.3 Å². The van der Waals surface area contributed by atoms with Gasteiger partial charge in [-0.05, 0) is 55.7 Å². The standard InChI is InChI=1S/C25H30O2/c1-17-9-8-14-25(3,4)22(17)13-12-19-15-21(20-10-6-5-7-11-20)24(18(2)26)23(27)16-19/h5-7,9-13,16,21-22,24H,8,14-15H2,1-4H3/b13-12+. The average Bonchev–Trinajstić information content (AvgIpc) is 2.60. The van der Waals surface area contributed by atoms with Crippen molar-refractivity contribution in [1.82, 2.24) is 0 Å². The molecule has 0 saturated heterocycles. The van der Waals surface area contributed by atoms with Crippen molar-refractivity contribution >= 4 is 11.6 Å². The summed E-state index contributed by atoms with van der Waals surface area (Å²) in [5.41, 5.74) is 3.74. The van der Waals surface area contributed by atoms with Gasteiger partial charge in [0.05, 0.1) is 5.92 Å². The molecule has 0 saturated carbocycles. The highest BCUT2D eigenvalue weighted by Gasteiger charge is 2.36. The summed E-state index contributed by atoms with van der Waals surface area (Å²) in [6.07, 6.45) is 11.5. The largest absolute Gasteiger partial charge is 0.299 e. The Morgan fingerprint density at radius 1 is 1.19 bits per heavy atom. The molecule has 0 aromatic heterocycles. The molecule has 2 nitrogen and oxygen atoms in total. The molecule has 0 radical (unpaired) electrons. The average molecular weight is 363 g/mol. The summed E-state index contributed by atoms with van der Waals surface area (Å²) < 4.78 is 0.